The van der Waals surface area contributed by atoms with Crippen LogP contribution in [0.2, 0.25) is 0 Å². The molecule has 1 saturated heterocycles. The van der Waals surface area contributed by atoms with Gasteiger partial charge in [-0.3, -0.25) is 0 Å². The second kappa shape index (κ2) is 8.12. The van der Waals surface area contributed by atoms with E-state index >= 15 is 0 Å². The van der Waals surface area contributed by atoms with Crippen LogP contribution >= 0.6 is 0 Å². The molecule has 0 bridgehead atoms. The SMILES string of the molecule is Cc1ccc(OC(C)F)cc1C.O[C@@H]1CCCNC1. The van der Waals surface area contributed by atoms with Crippen LogP contribution in [-0.4, -0.2) is 30.7 Å². The number of aryl methyl sites for hydroxylation is 2. The highest BCUT2D eigenvalue weighted by atomic mass is 19.1. The molecule has 1 unspecified atom stereocenters. The average Bonchev–Trinajstić information content (AvgIpc) is 2.35. The second-order valence-corrected chi connectivity index (χ2v) is 4.91. The molecule has 1 aromatic rings. The van der Waals surface area contributed by atoms with Crippen LogP contribution in [0, 0.1) is 13.8 Å². The van der Waals surface area contributed by atoms with Gasteiger partial charge in [0.1, 0.15) is 5.75 Å². The molecule has 0 radical (unpaired) electrons. The van der Waals surface area contributed by atoms with Gasteiger partial charge in [-0.05, 0) is 56.5 Å². The van der Waals surface area contributed by atoms with Gasteiger partial charge in [-0.15, -0.1) is 0 Å². The molecule has 1 fully saturated rings. The number of ether oxygens (including phenoxy) is 1. The fourth-order valence-corrected chi connectivity index (χ4v) is 1.81. The van der Waals surface area contributed by atoms with E-state index in [4.69, 9.17) is 9.84 Å². The summed E-state index contributed by atoms with van der Waals surface area (Å²) < 4.78 is 17.3. The predicted molar refractivity (Wildman–Crippen MR) is 75.2 cm³/mol. The van der Waals surface area contributed by atoms with Gasteiger partial charge in [0.2, 0.25) is 6.36 Å². The quantitative estimate of drug-likeness (QED) is 0.867. The summed E-state index contributed by atoms with van der Waals surface area (Å²) in [6.45, 7) is 7.23. The van der Waals surface area contributed by atoms with Crippen molar-refractivity contribution >= 4 is 0 Å². The van der Waals surface area contributed by atoms with Crippen LogP contribution in [0.1, 0.15) is 30.9 Å². The van der Waals surface area contributed by atoms with Gasteiger partial charge in [-0.1, -0.05) is 6.07 Å². The first-order chi connectivity index (χ1) is 8.99. The lowest BCUT2D eigenvalue weighted by atomic mass is 10.1. The molecule has 3 nitrogen and oxygen atoms in total. The van der Waals surface area contributed by atoms with E-state index < -0.39 is 6.36 Å². The monoisotopic (exact) mass is 269 g/mol. The number of alkyl halides is 1. The van der Waals surface area contributed by atoms with Gasteiger partial charge in [0, 0.05) is 13.5 Å². The zero-order chi connectivity index (χ0) is 14.3. The molecule has 108 valence electrons. The summed E-state index contributed by atoms with van der Waals surface area (Å²) in [5.74, 6) is 0.591. The van der Waals surface area contributed by atoms with Crippen molar-refractivity contribution in [1.29, 1.82) is 0 Å². The van der Waals surface area contributed by atoms with Crippen molar-refractivity contribution in [2.45, 2.75) is 46.1 Å². The van der Waals surface area contributed by atoms with E-state index in [1.54, 1.807) is 6.07 Å². The summed E-state index contributed by atoms with van der Waals surface area (Å²) in [4.78, 5) is 0. The fourth-order valence-electron chi connectivity index (χ4n) is 1.81. The number of hydrogen-bond donors (Lipinski definition) is 2. The van der Waals surface area contributed by atoms with Crippen molar-refractivity contribution in [1.82, 2.24) is 5.32 Å². The molecular weight excluding hydrogens is 245 g/mol. The number of β-amino-alcohol motifs (C(OH)–C–C–N with tert-alkyl or cyclic N) is 1. The maximum Gasteiger partial charge on any atom is 0.235 e. The van der Waals surface area contributed by atoms with E-state index in [1.165, 1.54) is 12.5 Å². The summed E-state index contributed by atoms with van der Waals surface area (Å²) in [5.41, 5.74) is 2.31. The molecule has 19 heavy (non-hydrogen) atoms. The van der Waals surface area contributed by atoms with Crippen LogP contribution < -0.4 is 10.1 Å². The van der Waals surface area contributed by atoms with E-state index in [9.17, 15) is 4.39 Å². The summed E-state index contributed by atoms with van der Waals surface area (Å²) in [6, 6.07) is 5.54. The third-order valence-corrected chi connectivity index (χ3v) is 3.05. The molecule has 2 N–H and O–H groups in total. The molecule has 4 heteroatoms. The van der Waals surface area contributed by atoms with Gasteiger partial charge in [0.25, 0.3) is 0 Å². The van der Waals surface area contributed by atoms with Gasteiger partial charge in [0.15, 0.2) is 0 Å². The normalized spacial score (nSPS) is 20.2. The maximum atomic E-state index is 12.4. The van der Waals surface area contributed by atoms with E-state index in [-0.39, 0.29) is 6.10 Å². The molecule has 1 aliphatic rings. The molecule has 1 aromatic carbocycles. The Morgan fingerprint density at radius 3 is 2.53 bits per heavy atom. The Morgan fingerprint density at radius 2 is 2.11 bits per heavy atom. The minimum absolute atomic E-state index is 0.0752. The van der Waals surface area contributed by atoms with Crippen molar-refractivity contribution in [3.05, 3.63) is 29.3 Å². The first-order valence-electron chi connectivity index (χ1n) is 6.76. The van der Waals surface area contributed by atoms with Gasteiger partial charge >= 0.3 is 0 Å². The lowest BCUT2D eigenvalue weighted by molar-refractivity contribution is 0.0860. The first kappa shape index (κ1) is 15.9. The molecule has 0 spiro atoms. The topological polar surface area (TPSA) is 41.5 Å². The molecule has 0 aliphatic carbocycles. The summed E-state index contributed by atoms with van der Waals surface area (Å²) >= 11 is 0. The lowest BCUT2D eigenvalue weighted by Crippen LogP contribution is -2.33. The highest BCUT2D eigenvalue weighted by Gasteiger charge is 2.06. The third-order valence-electron chi connectivity index (χ3n) is 3.05. The molecule has 0 aromatic heterocycles. The van der Waals surface area contributed by atoms with Crippen molar-refractivity contribution in [3.63, 3.8) is 0 Å². The number of aliphatic hydroxyl groups excluding tert-OH is 1. The van der Waals surface area contributed by atoms with Crippen LogP contribution in [0.3, 0.4) is 0 Å². The lowest BCUT2D eigenvalue weighted by Gasteiger charge is -2.16. The van der Waals surface area contributed by atoms with Crippen LogP contribution in [0.4, 0.5) is 4.39 Å². The van der Waals surface area contributed by atoms with Crippen molar-refractivity contribution in [2.75, 3.05) is 13.1 Å². The number of nitrogens with one attached hydrogen (secondary N) is 1. The third kappa shape index (κ3) is 6.55. The van der Waals surface area contributed by atoms with Gasteiger partial charge < -0.3 is 15.2 Å². The summed E-state index contributed by atoms with van der Waals surface area (Å²) in [5, 5.41) is 11.9. The molecular formula is C15H24FNO2. The van der Waals surface area contributed by atoms with E-state index in [2.05, 4.69) is 5.32 Å². The van der Waals surface area contributed by atoms with E-state index in [0.29, 0.717) is 5.75 Å². The van der Waals surface area contributed by atoms with Gasteiger partial charge in [-0.2, -0.15) is 0 Å². The second-order valence-electron chi connectivity index (χ2n) is 4.91. The minimum Gasteiger partial charge on any atom is -0.461 e. The average molecular weight is 269 g/mol. The highest BCUT2D eigenvalue weighted by molar-refractivity contribution is 5.33. The van der Waals surface area contributed by atoms with Gasteiger partial charge in [0.05, 0.1) is 6.10 Å². The summed E-state index contributed by atoms with van der Waals surface area (Å²) in [7, 11) is 0. The highest BCUT2D eigenvalue weighted by Crippen LogP contribution is 2.17. The molecule has 0 saturated carbocycles. The summed E-state index contributed by atoms with van der Waals surface area (Å²) in [6.07, 6.45) is 0.787. The predicted octanol–water partition coefficient (Wildman–Crippen LogP) is 2.73. The Hall–Kier alpha value is -1.13. The van der Waals surface area contributed by atoms with Crippen molar-refractivity contribution in [2.24, 2.45) is 0 Å². The standard InChI is InChI=1S/C10H13FO.C5H11NO/c1-7-4-5-10(6-8(7)2)12-9(3)11;7-5-2-1-3-6-4-5/h4-6,9H,1-3H3;5-7H,1-4H2/t;5-/m.1/s1. The largest absolute Gasteiger partial charge is 0.461 e. The Bertz CT molecular complexity index is 376. The Kier molecular flexibility index (Phi) is 6.81. The van der Waals surface area contributed by atoms with Crippen LogP contribution in [0.15, 0.2) is 18.2 Å². The number of rotatable bonds is 2. The zero-order valence-electron chi connectivity index (χ0n) is 11.9. The Labute approximate surface area is 114 Å². The maximum absolute atomic E-state index is 12.4. The van der Waals surface area contributed by atoms with Crippen LogP contribution in [-0.2, 0) is 0 Å². The van der Waals surface area contributed by atoms with Gasteiger partial charge in [-0.25, -0.2) is 4.39 Å². The van der Waals surface area contributed by atoms with E-state index in [0.717, 1.165) is 31.5 Å². The minimum atomic E-state index is -1.24. The number of hydrogen-bond acceptors (Lipinski definition) is 3. The fraction of sp³-hybridized carbons (Fsp3) is 0.600. The van der Waals surface area contributed by atoms with E-state index in [1.807, 2.05) is 26.0 Å². The molecule has 0 amide bonds. The Morgan fingerprint density at radius 1 is 1.37 bits per heavy atom. The Balaban J connectivity index is 0.000000218. The van der Waals surface area contributed by atoms with Crippen LogP contribution in [0.5, 0.6) is 5.75 Å². The molecule has 2 rings (SSSR count). The van der Waals surface area contributed by atoms with Crippen LogP contribution in [0.25, 0.3) is 0 Å². The molecule has 1 aliphatic heterocycles. The first-order valence-corrected chi connectivity index (χ1v) is 6.76. The zero-order valence-corrected chi connectivity index (χ0v) is 11.9. The van der Waals surface area contributed by atoms with Crippen molar-refractivity contribution in [3.8, 4) is 5.75 Å². The number of halogens is 1. The molecule has 1 heterocycles. The number of benzene rings is 1. The smallest absolute Gasteiger partial charge is 0.235 e. The molecule has 2 atom stereocenters. The van der Waals surface area contributed by atoms with Crippen molar-refractivity contribution < 1.29 is 14.2 Å². The number of aliphatic hydroxyl groups is 1. The number of piperidine rings is 1.